The van der Waals surface area contributed by atoms with E-state index in [4.69, 9.17) is 0 Å². The van der Waals surface area contributed by atoms with Crippen LogP contribution < -0.4 is 0 Å². The summed E-state index contributed by atoms with van der Waals surface area (Å²) in [5.41, 5.74) is 3.03. The van der Waals surface area contributed by atoms with Crippen LogP contribution in [0.2, 0.25) is 0 Å². The van der Waals surface area contributed by atoms with Crippen LogP contribution in [0.4, 0.5) is 0 Å². The molecule has 0 amide bonds. The van der Waals surface area contributed by atoms with Crippen LogP contribution in [-0.4, -0.2) is 14.6 Å². The van der Waals surface area contributed by atoms with Crippen LogP contribution in [0.5, 0.6) is 0 Å². The van der Waals surface area contributed by atoms with Crippen LogP contribution >= 0.6 is 15.9 Å². The van der Waals surface area contributed by atoms with E-state index in [0.29, 0.717) is 0 Å². The minimum atomic E-state index is 0.834. The lowest BCUT2D eigenvalue weighted by molar-refractivity contribution is 0.961. The molecule has 0 unspecified atom stereocenters. The topological polar surface area (TPSA) is 30.2 Å². The second-order valence-corrected chi connectivity index (χ2v) is 4.25. The summed E-state index contributed by atoms with van der Waals surface area (Å²) in [6, 6.07) is 11.9. The summed E-state index contributed by atoms with van der Waals surface area (Å²) in [5, 5.41) is 4.29. The van der Waals surface area contributed by atoms with Crippen LogP contribution in [-0.2, 0) is 0 Å². The Balaban J connectivity index is 2.26. The fraction of sp³-hybridized carbons (Fsp3) is 0. The van der Waals surface area contributed by atoms with Gasteiger partial charge in [0.15, 0.2) is 0 Å². The van der Waals surface area contributed by atoms with Crippen molar-refractivity contribution in [2.45, 2.75) is 0 Å². The maximum Gasteiger partial charge on any atom is 0.106 e. The normalized spacial score (nSPS) is 10.8. The van der Waals surface area contributed by atoms with Gasteiger partial charge in [-0.3, -0.25) is 0 Å². The molecule has 0 radical (unpaired) electrons. The van der Waals surface area contributed by atoms with E-state index in [9.17, 15) is 0 Å². The van der Waals surface area contributed by atoms with E-state index in [1.807, 2.05) is 53.3 Å². The SMILES string of the molecule is Brc1cccc(-c2cnn3ccccc23)n1. The summed E-state index contributed by atoms with van der Waals surface area (Å²) in [5.74, 6) is 0. The van der Waals surface area contributed by atoms with Crippen molar-refractivity contribution in [1.82, 2.24) is 14.6 Å². The molecule has 3 heterocycles. The Morgan fingerprint density at radius 2 is 2.00 bits per heavy atom. The summed E-state index contributed by atoms with van der Waals surface area (Å²) in [7, 11) is 0. The quantitative estimate of drug-likeness (QED) is 0.638. The minimum Gasteiger partial charge on any atom is -0.241 e. The first-order valence-corrected chi connectivity index (χ1v) is 5.69. The van der Waals surface area contributed by atoms with Gasteiger partial charge in [0.1, 0.15) is 4.60 Å². The van der Waals surface area contributed by atoms with E-state index < -0.39 is 0 Å². The fourth-order valence-electron chi connectivity index (χ4n) is 1.69. The van der Waals surface area contributed by atoms with Gasteiger partial charge < -0.3 is 0 Å². The van der Waals surface area contributed by atoms with Gasteiger partial charge in [0.25, 0.3) is 0 Å². The molecule has 3 nitrogen and oxygen atoms in total. The molecule has 0 saturated heterocycles. The van der Waals surface area contributed by atoms with Gasteiger partial charge >= 0.3 is 0 Å². The lowest BCUT2D eigenvalue weighted by atomic mass is 10.2. The molecule has 0 bridgehead atoms. The molecule has 0 aliphatic heterocycles. The van der Waals surface area contributed by atoms with Gasteiger partial charge in [0.05, 0.1) is 17.4 Å². The Morgan fingerprint density at radius 1 is 1.06 bits per heavy atom. The Hall–Kier alpha value is -1.68. The monoisotopic (exact) mass is 273 g/mol. The number of fused-ring (bicyclic) bond motifs is 1. The average molecular weight is 274 g/mol. The van der Waals surface area contributed by atoms with E-state index in [-0.39, 0.29) is 0 Å². The molecule has 16 heavy (non-hydrogen) atoms. The number of hydrogen-bond donors (Lipinski definition) is 0. The predicted octanol–water partition coefficient (Wildman–Crippen LogP) is 3.16. The second-order valence-electron chi connectivity index (χ2n) is 3.43. The Labute approximate surface area is 101 Å². The zero-order chi connectivity index (χ0) is 11.0. The standard InChI is InChI=1S/C12H8BrN3/c13-12-6-3-4-10(15-12)9-8-14-16-7-2-1-5-11(9)16/h1-8H. The molecular formula is C12H8BrN3. The van der Waals surface area contributed by atoms with Crippen molar-refractivity contribution in [3.8, 4) is 11.3 Å². The zero-order valence-electron chi connectivity index (χ0n) is 8.34. The smallest absolute Gasteiger partial charge is 0.106 e. The van der Waals surface area contributed by atoms with Crippen molar-refractivity contribution in [2.75, 3.05) is 0 Å². The molecule has 0 fully saturated rings. The predicted molar refractivity (Wildman–Crippen MR) is 66.1 cm³/mol. The first-order valence-electron chi connectivity index (χ1n) is 4.90. The fourth-order valence-corrected chi connectivity index (χ4v) is 2.03. The molecule has 0 aliphatic carbocycles. The van der Waals surface area contributed by atoms with E-state index in [1.54, 1.807) is 0 Å². The Morgan fingerprint density at radius 3 is 2.88 bits per heavy atom. The minimum absolute atomic E-state index is 0.834. The number of hydrogen-bond acceptors (Lipinski definition) is 2. The molecule has 78 valence electrons. The molecule has 0 aliphatic rings. The maximum absolute atomic E-state index is 4.43. The third-order valence-corrected chi connectivity index (χ3v) is 2.86. The second kappa shape index (κ2) is 3.72. The number of aromatic nitrogens is 3. The summed E-state index contributed by atoms with van der Waals surface area (Å²) >= 11 is 3.37. The van der Waals surface area contributed by atoms with Crippen molar-refractivity contribution < 1.29 is 0 Å². The molecule has 0 spiro atoms. The highest BCUT2D eigenvalue weighted by Gasteiger charge is 2.06. The zero-order valence-corrected chi connectivity index (χ0v) is 9.92. The maximum atomic E-state index is 4.43. The van der Waals surface area contributed by atoms with E-state index in [0.717, 1.165) is 21.4 Å². The lowest BCUT2D eigenvalue weighted by Crippen LogP contribution is -1.85. The van der Waals surface area contributed by atoms with Crippen LogP contribution in [0.25, 0.3) is 16.8 Å². The number of halogens is 1. The Kier molecular flexibility index (Phi) is 2.22. The van der Waals surface area contributed by atoms with Crippen LogP contribution in [0.1, 0.15) is 0 Å². The van der Waals surface area contributed by atoms with Crippen molar-refractivity contribution in [3.05, 3.63) is 53.4 Å². The van der Waals surface area contributed by atoms with Crippen molar-refractivity contribution in [1.29, 1.82) is 0 Å². The van der Waals surface area contributed by atoms with E-state index >= 15 is 0 Å². The summed E-state index contributed by atoms with van der Waals surface area (Å²) in [6.07, 6.45) is 3.76. The highest BCUT2D eigenvalue weighted by molar-refractivity contribution is 9.10. The van der Waals surface area contributed by atoms with Crippen LogP contribution in [0.15, 0.2) is 53.4 Å². The van der Waals surface area contributed by atoms with E-state index in [2.05, 4.69) is 26.0 Å². The third-order valence-electron chi connectivity index (χ3n) is 2.42. The molecule has 0 N–H and O–H groups in total. The molecule has 4 heteroatoms. The highest BCUT2D eigenvalue weighted by atomic mass is 79.9. The van der Waals surface area contributed by atoms with Gasteiger partial charge in [-0.1, -0.05) is 12.1 Å². The molecule has 3 rings (SSSR count). The van der Waals surface area contributed by atoms with E-state index in [1.165, 1.54) is 0 Å². The van der Waals surface area contributed by atoms with Gasteiger partial charge in [0, 0.05) is 11.8 Å². The van der Waals surface area contributed by atoms with Crippen molar-refractivity contribution in [3.63, 3.8) is 0 Å². The highest BCUT2D eigenvalue weighted by Crippen LogP contribution is 2.23. The largest absolute Gasteiger partial charge is 0.241 e. The van der Waals surface area contributed by atoms with Gasteiger partial charge in [0.2, 0.25) is 0 Å². The number of nitrogens with zero attached hydrogens (tertiary/aromatic N) is 3. The molecular weight excluding hydrogens is 266 g/mol. The Bertz CT molecular complexity index is 645. The van der Waals surface area contributed by atoms with Crippen LogP contribution in [0.3, 0.4) is 0 Å². The average Bonchev–Trinajstić information content (AvgIpc) is 2.72. The molecule has 0 aromatic carbocycles. The third kappa shape index (κ3) is 1.51. The van der Waals surface area contributed by atoms with Gasteiger partial charge in [-0.2, -0.15) is 5.10 Å². The van der Waals surface area contributed by atoms with Crippen molar-refractivity contribution in [2.24, 2.45) is 0 Å². The van der Waals surface area contributed by atoms with Crippen molar-refractivity contribution >= 4 is 21.4 Å². The van der Waals surface area contributed by atoms with Gasteiger partial charge in [-0.05, 0) is 40.2 Å². The van der Waals surface area contributed by atoms with Crippen LogP contribution in [0, 0.1) is 0 Å². The summed E-state index contributed by atoms with van der Waals surface area (Å²) in [4.78, 5) is 4.43. The first-order chi connectivity index (χ1) is 7.84. The number of rotatable bonds is 1. The lowest BCUT2D eigenvalue weighted by Gasteiger charge is -1.98. The molecule has 0 saturated carbocycles. The molecule has 3 aromatic rings. The van der Waals surface area contributed by atoms with Gasteiger partial charge in [-0.25, -0.2) is 9.50 Å². The van der Waals surface area contributed by atoms with Gasteiger partial charge in [-0.15, -0.1) is 0 Å². The first kappa shape index (κ1) is 9.54. The molecule has 0 atom stereocenters. The summed E-state index contributed by atoms with van der Waals surface area (Å²) < 4.78 is 2.68. The number of pyridine rings is 2. The molecule has 3 aromatic heterocycles. The summed E-state index contributed by atoms with van der Waals surface area (Å²) in [6.45, 7) is 0.